The van der Waals surface area contributed by atoms with Crippen LogP contribution in [-0.2, 0) is 0 Å². The van der Waals surface area contributed by atoms with Crippen LogP contribution in [0, 0.1) is 5.41 Å². The van der Waals surface area contributed by atoms with E-state index in [1.807, 2.05) is 41.7 Å². The van der Waals surface area contributed by atoms with Gasteiger partial charge in [-0.05, 0) is 107 Å². The molecule has 0 radical (unpaired) electrons. The molecule has 17 aromatic rings. The lowest BCUT2D eigenvalue weighted by Gasteiger charge is -2.20. The second-order valence-corrected chi connectivity index (χ2v) is 23.6. The lowest BCUT2D eigenvalue weighted by Crippen LogP contribution is -2.17. The van der Waals surface area contributed by atoms with E-state index in [0.29, 0.717) is 11.7 Å². The molecule has 87 heavy (non-hydrogen) atoms. The van der Waals surface area contributed by atoms with Gasteiger partial charge in [-0.1, -0.05) is 200 Å². The van der Waals surface area contributed by atoms with E-state index in [-0.39, 0.29) is 0 Å². The van der Waals surface area contributed by atoms with E-state index >= 15 is 0 Å². The summed E-state index contributed by atoms with van der Waals surface area (Å²) in [7, 11) is 0. The molecule has 5 aromatic heterocycles. The normalized spacial score (nSPS) is 13.4. The number of rotatable bonds is 8. The Hall–Kier alpha value is -11.5. The fraction of sp³-hybridized carbons (Fsp3) is 0. The summed E-state index contributed by atoms with van der Waals surface area (Å²) in [4.78, 5) is 11.1. The van der Waals surface area contributed by atoms with Gasteiger partial charge in [0.15, 0.2) is 0 Å². The molecule has 0 spiro atoms. The van der Waals surface area contributed by atoms with Crippen LogP contribution in [0.1, 0.15) is 5.56 Å². The molecule has 0 saturated heterocycles. The van der Waals surface area contributed by atoms with Crippen molar-refractivity contribution in [2.45, 2.75) is 0 Å². The highest BCUT2D eigenvalue weighted by Crippen LogP contribution is 2.49. The van der Waals surface area contributed by atoms with E-state index in [1.54, 1.807) is 0 Å². The molecule has 12 aromatic carbocycles. The number of allylic oxidation sites excluding steroid dienone is 5. The summed E-state index contributed by atoms with van der Waals surface area (Å²) in [6.07, 6.45) is 7.84. The number of fused-ring (bicyclic) bond motifs is 17. The first-order valence-corrected chi connectivity index (χ1v) is 30.2. The molecule has 1 aliphatic carbocycles. The molecule has 7 nitrogen and oxygen atoms in total. The first-order valence-electron chi connectivity index (χ1n) is 29.4. The van der Waals surface area contributed by atoms with Gasteiger partial charge < -0.3 is 9.98 Å². The third-order valence-electron chi connectivity index (χ3n) is 17.7. The predicted octanol–water partition coefficient (Wildman–Crippen LogP) is 20.6. The summed E-state index contributed by atoms with van der Waals surface area (Å²) >= 11 is 1.86. The van der Waals surface area contributed by atoms with Gasteiger partial charge in [-0.3, -0.25) is 14.7 Å². The van der Waals surface area contributed by atoms with Gasteiger partial charge in [0, 0.05) is 91.0 Å². The zero-order valence-corrected chi connectivity index (χ0v) is 47.6. The van der Waals surface area contributed by atoms with Crippen LogP contribution in [0.3, 0.4) is 0 Å². The molecule has 0 bridgehead atoms. The molecule has 406 valence electrons. The van der Waals surface area contributed by atoms with E-state index in [4.69, 9.17) is 15.4 Å². The van der Waals surface area contributed by atoms with Crippen molar-refractivity contribution < 1.29 is 0 Å². The first-order chi connectivity index (χ1) is 43.1. The number of hydrogen-bond donors (Lipinski definition) is 2. The second-order valence-electron chi connectivity index (χ2n) is 22.5. The highest BCUT2D eigenvalue weighted by atomic mass is 32.1. The summed E-state index contributed by atoms with van der Waals surface area (Å²) < 4.78 is 9.38. The van der Waals surface area contributed by atoms with Crippen molar-refractivity contribution in [3.8, 4) is 45.1 Å². The van der Waals surface area contributed by atoms with Gasteiger partial charge in [-0.25, -0.2) is 9.97 Å². The Morgan fingerprint density at radius 3 is 1.64 bits per heavy atom. The van der Waals surface area contributed by atoms with Crippen LogP contribution in [0.25, 0.3) is 158 Å². The van der Waals surface area contributed by atoms with E-state index < -0.39 is 0 Å². The van der Waals surface area contributed by atoms with Crippen LogP contribution in [0.4, 0.5) is 0 Å². The first kappa shape index (κ1) is 49.0. The number of benzene rings is 12. The molecule has 0 aliphatic heterocycles. The topological polar surface area (TPSA) is 76.5 Å². The van der Waals surface area contributed by atoms with Crippen molar-refractivity contribution >= 4 is 130 Å². The Bertz CT molecular complexity index is 5860. The van der Waals surface area contributed by atoms with Crippen molar-refractivity contribution in [1.82, 2.24) is 23.8 Å². The Kier molecular flexibility index (Phi) is 10.9. The highest BCUT2D eigenvalue weighted by molar-refractivity contribution is 7.27. The summed E-state index contributed by atoms with van der Waals surface area (Å²) in [6.45, 7) is 0. The predicted molar refractivity (Wildman–Crippen MR) is 367 cm³/mol. The van der Waals surface area contributed by atoms with Crippen molar-refractivity contribution in [1.29, 1.82) is 5.41 Å². The maximum Gasteiger partial charge on any atom is 0.235 e. The third kappa shape index (κ3) is 7.58. The van der Waals surface area contributed by atoms with E-state index in [2.05, 4.69) is 274 Å². The van der Waals surface area contributed by atoms with Gasteiger partial charge >= 0.3 is 0 Å². The van der Waals surface area contributed by atoms with E-state index in [9.17, 15) is 0 Å². The van der Waals surface area contributed by atoms with Crippen LogP contribution in [0.15, 0.2) is 291 Å². The molecule has 0 saturated carbocycles. The van der Waals surface area contributed by atoms with E-state index in [0.717, 1.165) is 111 Å². The van der Waals surface area contributed by atoms with Gasteiger partial charge in [0.2, 0.25) is 5.95 Å². The average Bonchev–Trinajstić information content (AvgIpc) is 4.49. The quantitative estimate of drug-likeness (QED) is 0.159. The smallest absolute Gasteiger partial charge is 0.235 e. The van der Waals surface area contributed by atoms with Crippen LogP contribution >= 0.6 is 11.3 Å². The zero-order chi connectivity index (χ0) is 57.3. The average molecular weight is 1130 g/mol. The van der Waals surface area contributed by atoms with Crippen molar-refractivity contribution in [3.05, 3.63) is 296 Å². The lowest BCUT2D eigenvalue weighted by atomic mass is 9.95. The van der Waals surface area contributed by atoms with Crippen molar-refractivity contribution in [2.24, 2.45) is 0 Å². The Balaban J connectivity index is 0.820. The standard InChI is InChI=1S/C79H49N7S/c80-65-31-15-10-28-58(65)76(49-22-6-2-7-23-49)83-86-71-34-18-13-29-60(71)73-74-61-30-14-19-35-72(61)87-78(74)64-46-50(36-40-57(64)77(73)86)53-37-41-59-66(47-53)81-79(82-75(59)48-20-4-1-5-21-48)85-68-33-17-12-27-56(68)63-45-52(39-43-70(63)85)51-38-42-69-62(44-51)55-26-11-16-32-67(55)84(69)54-24-8-3-9-25-54/h1-47,80,83H/b76-58-,80-65?. The Morgan fingerprint density at radius 2 is 0.931 bits per heavy atom. The van der Waals surface area contributed by atoms with Gasteiger partial charge in [0.05, 0.1) is 55.7 Å². The van der Waals surface area contributed by atoms with E-state index in [1.165, 1.54) is 52.8 Å². The van der Waals surface area contributed by atoms with Gasteiger partial charge in [0.1, 0.15) is 0 Å². The number of para-hydroxylation sites is 4. The molecule has 0 amide bonds. The molecule has 0 fully saturated rings. The van der Waals surface area contributed by atoms with Crippen LogP contribution in [-0.4, -0.2) is 29.5 Å². The molecule has 2 N–H and O–H groups in total. The van der Waals surface area contributed by atoms with Crippen LogP contribution in [0.2, 0.25) is 0 Å². The van der Waals surface area contributed by atoms with Gasteiger partial charge in [-0.15, -0.1) is 11.3 Å². The minimum absolute atomic E-state index is 0.452. The minimum atomic E-state index is 0.452. The molecular formula is C79H49N7S. The molecule has 18 rings (SSSR count). The maximum atomic E-state index is 9.15. The number of thiophene rings is 1. The molecule has 8 heteroatoms. The maximum absolute atomic E-state index is 9.15. The van der Waals surface area contributed by atoms with Crippen LogP contribution < -0.4 is 5.43 Å². The molecule has 1 aliphatic rings. The third-order valence-corrected chi connectivity index (χ3v) is 18.9. The van der Waals surface area contributed by atoms with Crippen LogP contribution in [0.5, 0.6) is 0 Å². The minimum Gasteiger partial charge on any atom is -0.309 e. The van der Waals surface area contributed by atoms with Crippen molar-refractivity contribution in [3.63, 3.8) is 0 Å². The fourth-order valence-electron chi connectivity index (χ4n) is 13.8. The fourth-order valence-corrected chi connectivity index (χ4v) is 15.0. The zero-order valence-electron chi connectivity index (χ0n) is 46.8. The lowest BCUT2D eigenvalue weighted by molar-refractivity contribution is 1.01. The number of nitrogens with one attached hydrogen (secondary N) is 2. The molecule has 0 unspecified atom stereocenters. The largest absolute Gasteiger partial charge is 0.309 e. The Labute approximate surface area is 503 Å². The number of hydrogen-bond acceptors (Lipinski definition) is 5. The highest BCUT2D eigenvalue weighted by Gasteiger charge is 2.25. The van der Waals surface area contributed by atoms with Crippen molar-refractivity contribution in [2.75, 3.05) is 5.43 Å². The second kappa shape index (κ2) is 19.3. The summed E-state index contributed by atoms with van der Waals surface area (Å²) in [5, 5.41) is 22.0. The summed E-state index contributed by atoms with van der Waals surface area (Å²) in [5.41, 5.74) is 22.0. The summed E-state index contributed by atoms with van der Waals surface area (Å²) in [5.74, 6) is 0.612. The molecule has 5 heterocycles. The Morgan fingerprint density at radius 1 is 0.391 bits per heavy atom. The van der Waals surface area contributed by atoms with Gasteiger partial charge in [0.25, 0.3) is 0 Å². The number of aromatic nitrogens is 5. The number of nitrogens with zero attached hydrogens (tertiary/aromatic N) is 5. The molecular weight excluding hydrogens is 1080 g/mol. The molecule has 0 atom stereocenters. The monoisotopic (exact) mass is 1130 g/mol. The SMILES string of the molecule is N=C1C=CC=C/C1=C(/Nn1c2ccccc2c2c3c4ccccc4sc3c3cc(-c4ccc5c(-c6ccccc6)nc(-n6c7ccccc7c7cc(-c8ccc9c(c8)c8ccccc8n9-c8ccccc8)ccc76)nc5c4)ccc3c21)c1ccccc1. The summed E-state index contributed by atoms with van der Waals surface area (Å²) in [6, 6.07) is 93.9. The van der Waals surface area contributed by atoms with Gasteiger partial charge in [-0.2, -0.15) is 0 Å².